The minimum atomic E-state index is -0.101. The summed E-state index contributed by atoms with van der Waals surface area (Å²) in [4.78, 5) is 28.5. The maximum Gasteiger partial charge on any atom is 0.321 e. The quantitative estimate of drug-likeness (QED) is 0.842. The lowest BCUT2D eigenvalue weighted by atomic mass is 10.1. The van der Waals surface area contributed by atoms with Gasteiger partial charge in [0, 0.05) is 43.8 Å². The van der Waals surface area contributed by atoms with Crippen LogP contribution >= 0.6 is 12.4 Å². The SMILES string of the molecule is Cc1cccc(NC(=O)N2CCN(C(=O)C3CCC(N)C3)CC2)c1.Cl. The molecule has 2 atom stereocenters. The molecule has 138 valence electrons. The van der Waals surface area contributed by atoms with Crippen LogP contribution in [0.25, 0.3) is 0 Å². The summed E-state index contributed by atoms with van der Waals surface area (Å²) in [5, 5.41) is 2.92. The van der Waals surface area contributed by atoms with E-state index in [2.05, 4.69) is 5.32 Å². The molecular weight excluding hydrogens is 340 g/mol. The Hall–Kier alpha value is -1.79. The number of hydrogen-bond acceptors (Lipinski definition) is 3. The molecule has 1 aromatic carbocycles. The molecule has 1 heterocycles. The molecule has 3 N–H and O–H groups in total. The molecule has 1 aromatic rings. The number of benzene rings is 1. The Bertz CT molecular complexity index is 617. The van der Waals surface area contributed by atoms with Gasteiger partial charge in [0.15, 0.2) is 0 Å². The third-order valence-corrected chi connectivity index (χ3v) is 4.97. The van der Waals surface area contributed by atoms with Crippen molar-refractivity contribution >= 4 is 30.0 Å². The van der Waals surface area contributed by atoms with Crippen LogP contribution in [0.15, 0.2) is 24.3 Å². The Morgan fingerprint density at radius 1 is 1.12 bits per heavy atom. The van der Waals surface area contributed by atoms with Gasteiger partial charge in [0.2, 0.25) is 5.91 Å². The van der Waals surface area contributed by atoms with E-state index in [-0.39, 0.29) is 36.3 Å². The van der Waals surface area contributed by atoms with Gasteiger partial charge in [-0.3, -0.25) is 4.79 Å². The highest BCUT2D eigenvalue weighted by Crippen LogP contribution is 2.26. The van der Waals surface area contributed by atoms with Crippen molar-refractivity contribution in [2.24, 2.45) is 11.7 Å². The number of carbonyl (C=O) groups is 2. The number of amides is 3. The van der Waals surface area contributed by atoms with E-state index in [1.807, 2.05) is 36.1 Å². The monoisotopic (exact) mass is 366 g/mol. The van der Waals surface area contributed by atoms with Gasteiger partial charge < -0.3 is 20.9 Å². The second-order valence-corrected chi connectivity index (χ2v) is 6.88. The van der Waals surface area contributed by atoms with Gasteiger partial charge in [0.1, 0.15) is 0 Å². The first kappa shape index (κ1) is 19.5. The molecule has 2 aliphatic rings. The average Bonchev–Trinajstić information content (AvgIpc) is 3.01. The minimum Gasteiger partial charge on any atom is -0.339 e. The second-order valence-electron chi connectivity index (χ2n) is 6.88. The molecule has 0 aromatic heterocycles. The van der Waals surface area contributed by atoms with Gasteiger partial charge in [0.25, 0.3) is 0 Å². The van der Waals surface area contributed by atoms with Crippen molar-refractivity contribution in [1.29, 1.82) is 0 Å². The van der Waals surface area contributed by atoms with Gasteiger partial charge in [-0.25, -0.2) is 4.79 Å². The lowest BCUT2D eigenvalue weighted by molar-refractivity contribution is -0.136. The van der Waals surface area contributed by atoms with Gasteiger partial charge in [0.05, 0.1) is 0 Å². The van der Waals surface area contributed by atoms with E-state index >= 15 is 0 Å². The molecule has 1 aliphatic carbocycles. The predicted molar refractivity (Wildman–Crippen MR) is 101 cm³/mol. The lowest BCUT2D eigenvalue weighted by Crippen LogP contribution is -2.52. The molecule has 0 bridgehead atoms. The second kappa shape index (κ2) is 8.54. The number of nitrogens with one attached hydrogen (secondary N) is 1. The molecule has 1 saturated heterocycles. The van der Waals surface area contributed by atoms with Crippen LogP contribution in [0.1, 0.15) is 24.8 Å². The number of hydrogen-bond donors (Lipinski definition) is 2. The van der Waals surface area contributed by atoms with Crippen LogP contribution in [0, 0.1) is 12.8 Å². The van der Waals surface area contributed by atoms with E-state index in [1.165, 1.54) is 0 Å². The number of halogens is 1. The molecule has 6 nitrogen and oxygen atoms in total. The summed E-state index contributed by atoms with van der Waals surface area (Å²) in [6.07, 6.45) is 2.64. The fourth-order valence-electron chi connectivity index (χ4n) is 3.55. The summed E-state index contributed by atoms with van der Waals surface area (Å²) in [7, 11) is 0. The Morgan fingerprint density at radius 3 is 2.40 bits per heavy atom. The predicted octanol–water partition coefficient (Wildman–Crippen LogP) is 2.22. The largest absolute Gasteiger partial charge is 0.339 e. The van der Waals surface area contributed by atoms with Crippen LogP contribution in [0.2, 0.25) is 0 Å². The average molecular weight is 367 g/mol. The molecule has 2 fully saturated rings. The van der Waals surface area contributed by atoms with Crippen molar-refractivity contribution in [2.75, 3.05) is 31.5 Å². The summed E-state index contributed by atoms with van der Waals surface area (Å²) >= 11 is 0. The normalized spacial score (nSPS) is 23.1. The highest BCUT2D eigenvalue weighted by Gasteiger charge is 2.33. The molecule has 0 radical (unpaired) electrons. The van der Waals surface area contributed by atoms with Crippen LogP contribution in [-0.4, -0.2) is 54.0 Å². The summed E-state index contributed by atoms with van der Waals surface area (Å²) in [5.74, 6) is 0.286. The molecule has 2 unspecified atom stereocenters. The zero-order valence-corrected chi connectivity index (χ0v) is 15.4. The molecule has 1 saturated carbocycles. The van der Waals surface area contributed by atoms with Crippen molar-refractivity contribution in [1.82, 2.24) is 9.80 Å². The molecule has 25 heavy (non-hydrogen) atoms. The highest BCUT2D eigenvalue weighted by atomic mass is 35.5. The number of urea groups is 1. The van der Waals surface area contributed by atoms with Crippen molar-refractivity contribution in [2.45, 2.75) is 32.2 Å². The number of piperazine rings is 1. The van der Waals surface area contributed by atoms with Crippen LogP contribution in [-0.2, 0) is 4.79 Å². The third kappa shape index (κ3) is 4.86. The number of rotatable bonds is 2. The van der Waals surface area contributed by atoms with Crippen molar-refractivity contribution in [3.63, 3.8) is 0 Å². The summed E-state index contributed by atoms with van der Waals surface area (Å²) in [6, 6.07) is 7.81. The minimum absolute atomic E-state index is 0. The van der Waals surface area contributed by atoms with Crippen molar-refractivity contribution < 1.29 is 9.59 Å². The smallest absolute Gasteiger partial charge is 0.321 e. The lowest BCUT2D eigenvalue weighted by Gasteiger charge is -2.36. The van der Waals surface area contributed by atoms with E-state index in [0.717, 1.165) is 30.5 Å². The number of nitrogens with zero attached hydrogens (tertiary/aromatic N) is 2. The van der Waals surface area contributed by atoms with Gasteiger partial charge >= 0.3 is 6.03 Å². The number of aryl methyl sites for hydroxylation is 1. The fourth-order valence-corrected chi connectivity index (χ4v) is 3.55. The van der Waals surface area contributed by atoms with E-state index in [4.69, 9.17) is 5.73 Å². The van der Waals surface area contributed by atoms with E-state index in [9.17, 15) is 9.59 Å². The Balaban J connectivity index is 0.00000225. The van der Waals surface area contributed by atoms with Gasteiger partial charge in [-0.2, -0.15) is 0 Å². The summed E-state index contributed by atoms with van der Waals surface area (Å²) in [6.45, 7) is 4.34. The fraction of sp³-hybridized carbons (Fsp3) is 0.556. The van der Waals surface area contributed by atoms with Crippen molar-refractivity contribution in [3.8, 4) is 0 Å². The third-order valence-electron chi connectivity index (χ3n) is 4.97. The molecule has 3 rings (SSSR count). The van der Waals surface area contributed by atoms with Crippen LogP contribution < -0.4 is 11.1 Å². The zero-order valence-electron chi connectivity index (χ0n) is 14.6. The highest BCUT2D eigenvalue weighted by molar-refractivity contribution is 5.89. The summed E-state index contributed by atoms with van der Waals surface area (Å²) < 4.78 is 0. The Labute approximate surface area is 155 Å². The maximum atomic E-state index is 12.5. The van der Waals surface area contributed by atoms with E-state index in [0.29, 0.717) is 26.2 Å². The topological polar surface area (TPSA) is 78.7 Å². The van der Waals surface area contributed by atoms with Crippen LogP contribution in [0.4, 0.5) is 10.5 Å². The maximum absolute atomic E-state index is 12.5. The van der Waals surface area contributed by atoms with Crippen molar-refractivity contribution in [3.05, 3.63) is 29.8 Å². The van der Waals surface area contributed by atoms with Gasteiger partial charge in [-0.05, 0) is 43.9 Å². The van der Waals surface area contributed by atoms with Crippen LogP contribution in [0.5, 0.6) is 0 Å². The van der Waals surface area contributed by atoms with Gasteiger partial charge in [-0.1, -0.05) is 12.1 Å². The van der Waals surface area contributed by atoms with Gasteiger partial charge in [-0.15, -0.1) is 12.4 Å². The Morgan fingerprint density at radius 2 is 1.80 bits per heavy atom. The first-order valence-corrected chi connectivity index (χ1v) is 8.70. The first-order valence-electron chi connectivity index (χ1n) is 8.70. The molecule has 3 amide bonds. The van der Waals surface area contributed by atoms with E-state index in [1.54, 1.807) is 4.90 Å². The standard InChI is InChI=1S/C18H26N4O2.ClH/c1-13-3-2-4-16(11-13)20-18(24)22-9-7-21(8-10-22)17(23)14-5-6-15(19)12-14;/h2-4,11,14-15H,5-10,12,19H2,1H3,(H,20,24);1H. The van der Waals surface area contributed by atoms with Crippen LogP contribution in [0.3, 0.4) is 0 Å². The number of nitrogens with two attached hydrogens (primary N) is 1. The van der Waals surface area contributed by atoms with E-state index < -0.39 is 0 Å². The zero-order chi connectivity index (χ0) is 17.1. The molecule has 1 aliphatic heterocycles. The molecule has 7 heteroatoms. The number of anilines is 1. The number of carbonyl (C=O) groups excluding carboxylic acids is 2. The summed E-state index contributed by atoms with van der Waals surface area (Å²) in [5.41, 5.74) is 7.82. The molecular formula is C18H27ClN4O2. The Kier molecular flexibility index (Phi) is 6.67. The first-order chi connectivity index (χ1) is 11.5. The molecule has 0 spiro atoms.